The topological polar surface area (TPSA) is 71.0 Å². The van der Waals surface area contributed by atoms with Crippen molar-refractivity contribution in [1.82, 2.24) is 19.9 Å². The van der Waals surface area contributed by atoms with Gasteiger partial charge < -0.3 is 10.2 Å². The molecule has 0 aliphatic carbocycles. The standard InChI is InChI=1S/C18H19N5OS/c1-12-8-13(10-19-9-12)11-20-18-21-14-4-7-25-16(14)15(22-18)17(24)23-5-2-3-6-23/h4,7-10H,2-3,5-6,11H2,1H3,(H,20,21,22). The Bertz CT molecular complexity index is 917. The summed E-state index contributed by atoms with van der Waals surface area (Å²) in [5, 5.41) is 5.18. The van der Waals surface area contributed by atoms with Crippen molar-refractivity contribution < 1.29 is 4.79 Å². The van der Waals surface area contributed by atoms with Gasteiger partial charge in [0.2, 0.25) is 5.95 Å². The van der Waals surface area contributed by atoms with Gasteiger partial charge in [-0.2, -0.15) is 0 Å². The zero-order chi connectivity index (χ0) is 17.2. The normalized spacial score (nSPS) is 14.2. The van der Waals surface area contributed by atoms with E-state index in [-0.39, 0.29) is 5.91 Å². The smallest absolute Gasteiger partial charge is 0.274 e. The van der Waals surface area contributed by atoms with E-state index in [1.165, 1.54) is 11.3 Å². The number of hydrogen-bond donors (Lipinski definition) is 1. The van der Waals surface area contributed by atoms with Crippen molar-refractivity contribution in [2.24, 2.45) is 0 Å². The molecule has 3 aromatic rings. The van der Waals surface area contributed by atoms with Crippen LogP contribution in [0.25, 0.3) is 10.2 Å². The first-order valence-electron chi connectivity index (χ1n) is 8.39. The van der Waals surface area contributed by atoms with Crippen LogP contribution in [0.3, 0.4) is 0 Å². The minimum Gasteiger partial charge on any atom is -0.350 e. The number of nitrogens with zero attached hydrogens (tertiary/aromatic N) is 4. The zero-order valence-electron chi connectivity index (χ0n) is 14.0. The molecule has 1 aliphatic heterocycles. The van der Waals surface area contributed by atoms with Crippen LogP contribution in [0.1, 0.15) is 34.5 Å². The molecule has 6 nitrogen and oxygen atoms in total. The lowest BCUT2D eigenvalue weighted by atomic mass is 10.2. The van der Waals surface area contributed by atoms with Crippen LogP contribution in [0.5, 0.6) is 0 Å². The van der Waals surface area contributed by atoms with Crippen LogP contribution in [0.4, 0.5) is 5.95 Å². The molecular weight excluding hydrogens is 334 g/mol. The van der Waals surface area contributed by atoms with Crippen molar-refractivity contribution in [3.63, 3.8) is 0 Å². The van der Waals surface area contributed by atoms with E-state index >= 15 is 0 Å². The van der Waals surface area contributed by atoms with Crippen molar-refractivity contribution in [3.05, 3.63) is 46.7 Å². The zero-order valence-corrected chi connectivity index (χ0v) is 14.8. The molecule has 1 fully saturated rings. The van der Waals surface area contributed by atoms with E-state index in [4.69, 9.17) is 0 Å². The van der Waals surface area contributed by atoms with Crippen molar-refractivity contribution >= 4 is 33.4 Å². The number of hydrogen-bond acceptors (Lipinski definition) is 6. The third kappa shape index (κ3) is 3.32. The lowest BCUT2D eigenvalue weighted by molar-refractivity contribution is 0.0789. The third-order valence-electron chi connectivity index (χ3n) is 4.28. The number of nitrogens with one attached hydrogen (secondary N) is 1. The van der Waals surface area contributed by atoms with Gasteiger partial charge in [0.15, 0.2) is 5.69 Å². The lowest BCUT2D eigenvalue weighted by Crippen LogP contribution is -2.28. The van der Waals surface area contributed by atoms with E-state index in [2.05, 4.69) is 26.3 Å². The van der Waals surface area contributed by atoms with Gasteiger partial charge in [-0.05, 0) is 42.3 Å². The van der Waals surface area contributed by atoms with Crippen molar-refractivity contribution in [2.45, 2.75) is 26.3 Å². The quantitative estimate of drug-likeness (QED) is 0.780. The molecule has 0 bridgehead atoms. The summed E-state index contributed by atoms with van der Waals surface area (Å²) in [6.45, 7) is 4.21. The number of aromatic nitrogens is 3. The van der Waals surface area contributed by atoms with Crippen LogP contribution in [0, 0.1) is 6.92 Å². The number of likely N-dealkylation sites (tertiary alicyclic amines) is 1. The number of pyridine rings is 1. The Morgan fingerprint density at radius 1 is 1.28 bits per heavy atom. The highest BCUT2D eigenvalue weighted by Gasteiger charge is 2.24. The Morgan fingerprint density at radius 3 is 2.92 bits per heavy atom. The molecule has 128 valence electrons. The molecule has 0 saturated carbocycles. The highest BCUT2D eigenvalue weighted by Crippen LogP contribution is 2.26. The molecule has 1 aliphatic rings. The van der Waals surface area contributed by atoms with Crippen LogP contribution >= 0.6 is 11.3 Å². The summed E-state index contributed by atoms with van der Waals surface area (Å²) in [6.07, 6.45) is 5.77. The average molecular weight is 353 g/mol. The van der Waals surface area contributed by atoms with Gasteiger partial charge in [-0.1, -0.05) is 6.07 Å². The summed E-state index contributed by atoms with van der Waals surface area (Å²) in [5.41, 5.74) is 3.49. The summed E-state index contributed by atoms with van der Waals surface area (Å²) in [6, 6.07) is 4.00. The Hall–Kier alpha value is -2.54. The number of amides is 1. The largest absolute Gasteiger partial charge is 0.350 e. The molecule has 4 heterocycles. The Morgan fingerprint density at radius 2 is 2.12 bits per heavy atom. The maximum Gasteiger partial charge on any atom is 0.274 e. The van der Waals surface area contributed by atoms with Gasteiger partial charge >= 0.3 is 0 Å². The number of anilines is 1. The second kappa shape index (κ2) is 6.76. The second-order valence-corrected chi connectivity index (χ2v) is 7.17. The van der Waals surface area contributed by atoms with Gasteiger partial charge in [0, 0.05) is 32.0 Å². The van der Waals surface area contributed by atoms with Crippen LogP contribution in [-0.2, 0) is 6.54 Å². The highest BCUT2D eigenvalue weighted by atomic mass is 32.1. The summed E-state index contributed by atoms with van der Waals surface area (Å²) in [4.78, 5) is 28.0. The molecule has 4 rings (SSSR count). The maximum atomic E-state index is 12.8. The van der Waals surface area contributed by atoms with E-state index in [1.54, 1.807) is 0 Å². The summed E-state index contributed by atoms with van der Waals surface area (Å²) in [5.74, 6) is 0.488. The number of thiophene rings is 1. The molecule has 7 heteroatoms. The number of rotatable bonds is 4. The first kappa shape index (κ1) is 16.0. The van der Waals surface area contributed by atoms with E-state index in [9.17, 15) is 4.79 Å². The van der Waals surface area contributed by atoms with E-state index < -0.39 is 0 Å². The molecule has 1 saturated heterocycles. The monoisotopic (exact) mass is 353 g/mol. The molecule has 3 aromatic heterocycles. The molecule has 0 radical (unpaired) electrons. The molecule has 1 N–H and O–H groups in total. The molecule has 0 aromatic carbocycles. The minimum atomic E-state index is 0.00706. The number of aryl methyl sites for hydroxylation is 1. The van der Waals surface area contributed by atoms with Crippen molar-refractivity contribution in [3.8, 4) is 0 Å². The van der Waals surface area contributed by atoms with E-state index in [1.807, 2.05) is 35.7 Å². The van der Waals surface area contributed by atoms with Crippen LogP contribution < -0.4 is 5.32 Å². The van der Waals surface area contributed by atoms with Crippen molar-refractivity contribution in [1.29, 1.82) is 0 Å². The van der Waals surface area contributed by atoms with Gasteiger partial charge in [0.25, 0.3) is 5.91 Å². The number of fused-ring (bicyclic) bond motifs is 1. The third-order valence-corrected chi connectivity index (χ3v) is 5.19. The number of carbonyl (C=O) groups excluding carboxylic acids is 1. The first-order valence-corrected chi connectivity index (χ1v) is 9.27. The summed E-state index contributed by atoms with van der Waals surface area (Å²) >= 11 is 1.52. The van der Waals surface area contributed by atoms with Crippen LogP contribution in [0.2, 0.25) is 0 Å². The summed E-state index contributed by atoms with van der Waals surface area (Å²) in [7, 11) is 0. The predicted molar refractivity (Wildman–Crippen MR) is 98.9 cm³/mol. The SMILES string of the molecule is Cc1cncc(CNc2nc(C(=O)N3CCCC3)c3sccc3n2)c1. The molecule has 1 amide bonds. The van der Waals surface area contributed by atoms with Gasteiger partial charge in [-0.25, -0.2) is 9.97 Å². The Balaban J connectivity index is 1.62. The second-order valence-electron chi connectivity index (χ2n) is 6.25. The fourth-order valence-electron chi connectivity index (χ4n) is 3.05. The average Bonchev–Trinajstić information content (AvgIpc) is 3.30. The lowest BCUT2D eigenvalue weighted by Gasteiger charge is -2.15. The maximum absolute atomic E-state index is 12.8. The first-order chi connectivity index (χ1) is 12.2. The van der Waals surface area contributed by atoms with Crippen molar-refractivity contribution in [2.75, 3.05) is 18.4 Å². The predicted octanol–water partition coefficient (Wildman–Crippen LogP) is 3.24. The fourth-order valence-corrected chi connectivity index (χ4v) is 3.86. The molecule has 0 unspecified atom stereocenters. The Labute approximate surface area is 149 Å². The van der Waals surface area contributed by atoms with Crippen LogP contribution in [0.15, 0.2) is 29.9 Å². The van der Waals surface area contributed by atoms with Gasteiger partial charge in [0.1, 0.15) is 0 Å². The van der Waals surface area contributed by atoms with Gasteiger partial charge in [-0.15, -0.1) is 11.3 Å². The Kier molecular flexibility index (Phi) is 4.31. The van der Waals surface area contributed by atoms with E-state index in [0.29, 0.717) is 18.2 Å². The molecule has 25 heavy (non-hydrogen) atoms. The molecular formula is C18H19N5OS. The van der Waals surface area contributed by atoms with Crippen LogP contribution in [-0.4, -0.2) is 38.8 Å². The van der Waals surface area contributed by atoms with E-state index in [0.717, 1.165) is 47.3 Å². The van der Waals surface area contributed by atoms with Gasteiger partial charge in [-0.3, -0.25) is 9.78 Å². The highest BCUT2D eigenvalue weighted by molar-refractivity contribution is 7.17. The number of carbonyl (C=O) groups is 1. The summed E-state index contributed by atoms with van der Waals surface area (Å²) < 4.78 is 0.861. The van der Waals surface area contributed by atoms with Gasteiger partial charge in [0.05, 0.1) is 10.2 Å². The molecule has 0 spiro atoms. The fraction of sp³-hybridized carbons (Fsp3) is 0.333. The minimum absolute atomic E-state index is 0.00706. The molecule has 0 atom stereocenters.